The van der Waals surface area contributed by atoms with Crippen molar-refractivity contribution in [3.63, 3.8) is 0 Å². The predicted octanol–water partition coefficient (Wildman–Crippen LogP) is 5.13. The summed E-state index contributed by atoms with van der Waals surface area (Å²) in [5.41, 5.74) is 9.96. The van der Waals surface area contributed by atoms with Gasteiger partial charge >= 0.3 is 0 Å². The molecule has 0 atom stereocenters. The topological polar surface area (TPSA) is 58.4 Å². The third-order valence-corrected chi connectivity index (χ3v) is 5.23. The summed E-state index contributed by atoms with van der Waals surface area (Å²) in [6.45, 7) is 4.11. The molecule has 0 aromatic heterocycles. The number of anilines is 3. The highest BCUT2D eigenvalue weighted by atomic mass is 35.5. The lowest BCUT2D eigenvalue weighted by Gasteiger charge is -2.31. The van der Waals surface area contributed by atoms with Gasteiger partial charge in [0.05, 0.1) is 21.4 Å². The number of hydrogen-bond acceptors (Lipinski definition) is 3. The van der Waals surface area contributed by atoms with Crippen LogP contribution in [-0.2, 0) is 0 Å². The average molecular weight is 378 g/mol. The first-order chi connectivity index (χ1) is 12.0. The maximum atomic E-state index is 12.5. The first-order valence-electron chi connectivity index (χ1n) is 8.37. The van der Waals surface area contributed by atoms with Gasteiger partial charge in [-0.05, 0) is 62.1 Å². The Labute approximate surface area is 157 Å². The molecular weight excluding hydrogens is 357 g/mol. The van der Waals surface area contributed by atoms with Crippen molar-refractivity contribution >= 4 is 46.2 Å². The van der Waals surface area contributed by atoms with Gasteiger partial charge in [-0.25, -0.2) is 0 Å². The number of halogens is 2. The maximum Gasteiger partial charge on any atom is 0.255 e. The first kappa shape index (κ1) is 17.9. The van der Waals surface area contributed by atoms with Crippen LogP contribution in [0.15, 0.2) is 30.3 Å². The lowest BCUT2D eigenvalue weighted by molar-refractivity contribution is 0.102. The summed E-state index contributed by atoms with van der Waals surface area (Å²) in [5.74, 6) is -0.265. The van der Waals surface area contributed by atoms with Crippen LogP contribution in [0.5, 0.6) is 0 Å². The molecule has 1 fully saturated rings. The number of rotatable bonds is 3. The Morgan fingerprint density at radius 3 is 2.48 bits per heavy atom. The first-order valence-corrected chi connectivity index (χ1v) is 9.13. The second-order valence-electron chi connectivity index (χ2n) is 6.36. The fourth-order valence-electron chi connectivity index (χ4n) is 3.13. The van der Waals surface area contributed by atoms with Gasteiger partial charge < -0.3 is 16.0 Å². The van der Waals surface area contributed by atoms with E-state index in [1.807, 2.05) is 19.1 Å². The van der Waals surface area contributed by atoms with Crippen LogP contribution in [0.25, 0.3) is 0 Å². The predicted molar refractivity (Wildman–Crippen MR) is 106 cm³/mol. The molecule has 132 valence electrons. The summed E-state index contributed by atoms with van der Waals surface area (Å²) >= 11 is 11.9. The van der Waals surface area contributed by atoms with E-state index in [0.717, 1.165) is 24.3 Å². The van der Waals surface area contributed by atoms with Gasteiger partial charge in [-0.15, -0.1) is 0 Å². The van der Waals surface area contributed by atoms with E-state index in [1.165, 1.54) is 19.3 Å². The van der Waals surface area contributed by atoms with Crippen molar-refractivity contribution in [2.45, 2.75) is 26.2 Å². The van der Waals surface area contributed by atoms with Crippen LogP contribution in [0.2, 0.25) is 10.0 Å². The molecule has 0 saturated carbocycles. The minimum atomic E-state index is -0.265. The molecule has 0 unspecified atom stereocenters. The van der Waals surface area contributed by atoms with Gasteiger partial charge in [0, 0.05) is 24.3 Å². The smallest absolute Gasteiger partial charge is 0.255 e. The molecule has 1 amide bonds. The quantitative estimate of drug-likeness (QED) is 0.729. The molecule has 25 heavy (non-hydrogen) atoms. The zero-order chi connectivity index (χ0) is 18.0. The molecule has 1 heterocycles. The van der Waals surface area contributed by atoms with Crippen LogP contribution in [0.4, 0.5) is 17.1 Å². The van der Waals surface area contributed by atoms with Crippen molar-refractivity contribution in [1.82, 2.24) is 0 Å². The Morgan fingerprint density at radius 1 is 1.08 bits per heavy atom. The Hall–Kier alpha value is -1.91. The molecule has 4 nitrogen and oxygen atoms in total. The second kappa shape index (κ2) is 7.54. The lowest BCUT2D eigenvalue weighted by atomic mass is 10.1. The summed E-state index contributed by atoms with van der Waals surface area (Å²) in [6, 6.07) is 8.67. The number of hydrogen-bond donors (Lipinski definition) is 2. The van der Waals surface area contributed by atoms with Crippen molar-refractivity contribution in [3.05, 3.63) is 51.5 Å². The Bertz CT molecular complexity index is 801. The van der Waals surface area contributed by atoms with Crippen molar-refractivity contribution in [2.75, 3.05) is 29.0 Å². The molecule has 6 heteroatoms. The van der Waals surface area contributed by atoms with Crippen LogP contribution < -0.4 is 16.0 Å². The number of benzene rings is 2. The van der Waals surface area contributed by atoms with Crippen molar-refractivity contribution in [2.24, 2.45) is 0 Å². The Kier molecular flexibility index (Phi) is 5.40. The molecule has 2 aromatic carbocycles. The molecule has 3 rings (SSSR count). The summed E-state index contributed by atoms with van der Waals surface area (Å²) < 4.78 is 0. The van der Waals surface area contributed by atoms with Gasteiger partial charge in [-0.3, -0.25) is 4.79 Å². The average Bonchev–Trinajstić information content (AvgIpc) is 2.60. The van der Waals surface area contributed by atoms with Crippen LogP contribution in [0.1, 0.15) is 35.2 Å². The van der Waals surface area contributed by atoms with Crippen LogP contribution in [0, 0.1) is 6.92 Å². The second-order valence-corrected chi connectivity index (χ2v) is 7.17. The Balaban J connectivity index is 1.86. The molecule has 0 spiro atoms. The van der Waals surface area contributed by atoms with Crippen molar-refractivity contribution < 1.29 is 4.79 Å². The molecule has 1 saturated heterocycles. The minimum Gasteiger partial charge on any atom is -0.397 e. The van der Waals surface area contributed by atoms with Crippen molar-refractivity contribution in [1.29, 1.82) is 0 Å². The van der Waals surface area contributed by atoms with Gasteiger partial charge in [0.25, 0.3) is 5.91 Å². The summed E-state index contributed by atoms with van der Waals surface area (Å²) in [6.07, 6.45) is 3.65. The minimum absolute atomic E-state index is 0.265. The number of nitrogen functional groups attached to an aromatic ring is 1. The number of carbonyl (C=O) groups is 1. The third-order valence-electron chi connectivity index (χ3n) is 4.49. The zero-order valence-electron chi connectivity index (χ0n) is 14.1. The van der Waals surface area contributed by atoms with Crippen LogP contribution >= 0.6 is 23.2 Å². The number of aryl methyl sites for hydroxylation is 1. The van der Waals surface area contributed by atoms with E-state index in [0.29, 0.717) is 27.0 Å². The highest BCUT2D eigenvalue weighted by Crippen LogP contribution is 2.32. The fourth-order valence-corrected chi connectivity index (χ4v) is 3.43. The van der Waals surface area contributed by atoms with E-state index in [1.54, 1.807) is 18.2 Å². The van der Waals surface area contributed by atoms with Crippen molar-refractivity contribution in [3.8, 4) is 0 Å². The molecular formula is C19H21Cl2N3O. The van der Waals surface area contributed by atoms with Gasteiger partial charge in [-0.1, -0.05) is 23.2 Å². The summed E-state index contributed by atoms with van der Waals surface area (Å²) in [7, 11) is 0. The monoisotopic (exact) mass is 377 g/mol. The SMILES string of the molecule is Cc1cc(N)c(NC(=O)c2ccc(Cl)c(Cl)c2)cc1N1CCCCC1. The molecule has 3 N–H and O–H groups in total. The standard InChI is InChI=1S/C19H21Cl2N3O/c1-12-9-16(22)17(11-18(12)24-7-3-2-4-8-24)23-19(25)13-5-6-14(20)15(21)10-13/h5-6,9-11H,2-4,7-8,22H2,1H3,(H,23,25). The van der Waals surface area contributed by atoms with E-state index in [-0.39, 0.29) is 5.91 Å². The normalized spacial score (nSPS) is 14.4. The highest BCUT2D eigenvalue weighted by molar-refractivity contribution is 6.42. The number of piperidine rings is 1. The molecule has 1 aliphatic rings. The highest BCUT2D eigenvalue weighted by Gasteiger charge is 2.16. The molecule has 2 aromatic rings. The van der Waals surface area contributed by atoms with Crippen LogP contribution in [0.3, 0.4) is 0 Å². The number of nitrogens with two attached hydrogens (primary N) is 1. The third kappa shape index (κ3) is 4.02. The maximum absolute atomic E-state index is 12.5. The number of amides is 1. The number of carbonyl (C=O) groups excluding carboxylic acids is 1. The van der Waals surface area contributed by atoms with Gasteiger partial charge in [0.2, 0.25) is 0 Å². The molecule has 0 aliphatic carbocycles. The zero-order valence-corrected chi connectivity index (χ0v) is 15.6. The molecule has 0 radical (unpaired) electrons. The molecule has 0 bridgehead atoms. The van der Waals surface area contributed by atoms with E-state index in [4.69, 9.17) is 28.9 Å². The van der Waals surface area contributed by atoms with Crippen LogP contribution in [-0.4, -0.2) is 19.0 Å². The summed E-state index contributed by atoms with van der Waals surface area (Å²) in [4.78, 5) is 14.9. The number of nitrogens with one attached hydrogen (secondary N) is 1. The van der Waals surface area contributed by atoms with E-state index in [9.17, 15) is 4.79 Å². The van der Waals surface area contributed by atoms with E-state index in [2.05, 4.69) is 10.2 Å². The van der Waals surface area contributed by atoms with E-state index < -0.39 is 0 Å². The lowest BCUT2D eigenvalue weighted by Crippen LogP contribution is -2.30. The van der Waals surface area contributed by atoms with E-state index >= 15 is 0 Å². The van der Waals surface area contributed by atoms with Gasteiger partial charge in [-0.2, -0.15) is 0 Å². The van der Waals surface area contributed by atoms with Gasteiger partial charge in [0.1, 0.15) is 0 Å². The Morgan fingerprint density at radius 2 is 1.80 bits per heavy atom. The largest absolute Gasteiger partial charge is 0.397 e. The number of nitrogens with zero attached hydrogens (tertiary/aromatic N) is 1. The fraction of sp³-hybridized carbons (Fsp3) is 0.316. The molecule has 1 aliphatic heterocycles. The summed E-state index contributed by atoms with van der Waals surface area (Å²) in [5, 5.41) is 3.65. The van der Waals surface area contributed by atoms with Gasteiger partial charge in [0.15, 0.2) is 0 Å².